The number of nitrogens with zero attached hydrogens (tertiary/aromatic N) is 1. The minimum absolute atomic E-state index is 0.158. The summed E-state index contributed by atoms with van der Waals surface area (Å²) in [4.78, 5) is 55.3. The Morgan fingerprint density at radius 3 is 2.06 bits per heavy atom. The number of fused-ring (bicyclic) bond motifs is 1. The van der Waals surface area contributed by atoms with Gasteiger partial charge in [0.15, 0.2) is 0 Å². The molecule has 0 aliphatic heterocycles. The van der Waals surface area contributed by atoms with Crippen molar-refractivity contribution in [3.05, 3.63) is 119 Å². The molecule has 0 spiro atoms. The van der Waals surface area contributed by atoms with Crippen LogP contribution in [0.3, 0.4) is 0 Å². The predicted octanol–water partition coefficient (Wildman–Crippen LogP) is 2.81. The molecule has 0 saturated carbocycles. The van der Waals surface area contributed by atoms with Gasteiger partial charge in [-0.2, -0.15) is 0 Å². The average molecular weight is 637 g/mol. The van der Waals surface area contributed by atoms with E-state index in [0.717, 1.165) is 27.5 Å². The van der Waals surface area contributed by atoms with E-state index in [2.05, 4.69) is 10.6 Å². The van der Waals surface area contributed by atoms with Crippen molar-refractivity contribution in [2.24, 2.45) is 17.2 Å². The number of unbranched alkanes of at least 4 members (excludes halogenated alkanes) is 1. The zero-order chi connectivity index (χ0) is 33.8. The Labute approximate surface area is 275 Å². The summed E-state index contributed by atoms with van der Waals surface area (Å²) in [5.74, 6) is -2.09. The molecule has 0 radical (unpaired) electrons. The van der Waals surface area contributed by atoms with Crippen LogP contribution >= 0.6 is 0 Å². The van der Waals surface area contributed by atoms with Gasteiger partial charge in [0.05, 0.1) is 0 Å². The highest BCUT2D eigenvalue weighted by Gasteiger charge is 2.32. The van der Waals surface area contributed by atoms with Crippen LogP contribution in [-0.4, -0.2) is 60.2 Å². The SMILES string of the molecule is CN(C(=O)c1cccc(CN)c1)[C@H](Cc1ccc2ccccc2c1)C(=O)N[C@H](Cc1ccccc1)C(=O)N[C@@H](CCCCN)C(N)=O. The van der Waals surface area contributed by atoms with Gasteiger partial charge in [-0.25, -0.2) is 0 Å². The lowest BCUT2D eigenvalue weighted by Gasteiger charge is -2.30. The molecule has 0 aromatic heterocycles. The molecule has 3 atom stereocenters. The standard InChI is InChI=1S/C37H44N6O4/c1-43(37(47)30-15-9-12-27(21-30)24-39)33(23-26-17-18-28-13-5-6-14-29(28)20-26)36(46)42-32(22-25-10-3-2-4-11-25)35(45)41-31(34(40)44)16-7-8-19-38/h2-6,9-15,17-18,20-21,31-33H,7-8,16,19,22-24,38-39H2,1H3,(H2,40,44)(H,41,45)(H,42,46)/t31-,32+,33+/m0/s1. The number of carbonyl (C=O) groups excluding carboxylic acids is 4. The van der Waals surface area contributed by atoms with Crippen molar-refractivity contribution in [3.63, 3.8) is 0 Å². The van der Waals surface area contributed by atoms with Crippen molar-refractivity contribution in [1.29, 1.82) is 0 Å². The molecule has 0 unspecified atom stereocenters. The molecule has 4 aromatic rings. The van der Waals surface area contributed by atoms with Gasteiger partial charge in [0.25, 0.3) is 5.91 Å². The number of nitrogens with two attached hydrogens (primary N) is 3. The molecular formula is C37H44N6O4. The summed E-state index contributed by atoms with van der Waals surface area (Å²) in [5, 5.41) is 7.70. The minimum Gasteiger partial charge on any atom is -0.368 e. The lowest BCUT2D eigenvalue weighted by Crippen LogP contribution is -2.57. The van der Waals surface area contributed by atoms with E-state index in [-0.39, 0.29) is 25.3 Å². The van der Waals surface area contributed by atoms with Gasteiger partial charge in [0, 0.05) is 32.0 Å². The van der Waals surface area contributed by atoms with E-state index in [1.54, 1.807) is 25.2 Å². The number of likely N-dealkylation sites (N-methyl/N-ethyl adjacent to an activating group) is 1. The van der Waals surface area contributed by atoms with Crippen LogP contribution in [0.2, 0.25) is 0 Å². The molecule has 0 aliphatic carbocycles. The summed E-state index contributed by atoms with van der Waals surface area (Å²) in [7, 11) is 1.58. The van der Waals surface area contributed by atoms with Crippen LogP contribution in [0.4, 0.5) is 0 Å². The Morgan fingerprint density at radius 2 is 1.36 bits per heavy atom. The third-order valence-electron chi connectivity index (χ3n) is 8.27. The molecule has 47 heavy (non-hydrogen) atoms. The molecule has 8 N–H and O–H groups in total. The summed E-state index contributed by atoms with van der Waals surface area (Å²) in [6, 6.07) is 27.1. The molecule has 0 heterocycles. The molecule has 4 amide bonds. The Hall–Kier alpha value is -5.06. The largest absolute Gasteiger partial charge is 0.368 e. The highest BCUT2D eigenvalue weighted by atomic mass is 16.2. The number of amides is 4. The maximum absolute atomic E-state index is 14.2. The number of carbonyl (C=O) groups is 4. The van der Waals surface area contributed by atoms with Crippen LogP contribution < -0.4 is 27.8 Å². The Kier molecular flexibility index (Phi) is 12.6. The lowest BCUT2D eigenvalue weighted by atomic mass is 9.98. The van der Waals surface area contributed by atoms with E-state index in [1.165, 1.54) is 4.90 Å². The van der Waals surface area contributed by atoms with Crippen molar-refractivity contribution in [1.82, 2.24) is 15.5 Å². The van der Waals surface area contributed by atoms with Gasteiger partial charge in [-0.3, -0.25) is 19.2 Å². The Balaban J connectivity index is 1.65. The molecule has 10 heteroatoms. The molecule has 4 aromatic carbocycles. The maximum Gasteiger partial charge on any atom is 0.254 e. The average Bonchev–Trinajstić information content (AvgIpc) is 3.09. The predicted molar refractivity (Wildman–Crippen MR) is 184 cm³/mol. The Morgan fingerprint density at radius 1 is 0.681 bits per heavy atom. The van der Waals surface area contributed by atoms with Crippen molar-refractivity contribution in [2.75, 3.05) is 13.6 Å². The van der Waals surface area contributed by atoms with E-state index in [4.69, 9.17) is 17.2 Å². The second-order valence-corrected chi connectivity index (χ2v) is 11.7. The first-order valence-corrected chi connectivity index (χ1v) is 15.9. The van der Waals surface area contributed by atoms with Crippen LogP contribution in [-0.2, 0) is 33.8 Å². The fourth-order valence-electron chi connectivity index (χ4n) is 5.55. The summed E-state index contributed by atoms with van der Waals surface area (Å²) in [6.45, 7) is 0.716. The van der Waals surface area contributed by atoms with Crippen molar-refractivity contribution in [3.8, 4) is 0 Å². The fraction of sp³-hybridized carbons (Fsp3) is 0.297. The van der Waals surface area contributed by atoms with Gasteiger partial charge < -0.3 is 32.7 Å². The van der Waals surface area contributed by atoms with Crippen molar-refractivity contribution < 1.29 is 19.2 Å². The number of hydrogen-bond acceptors (Lipinski definition) is 6. The zero-order valence-corrected chi connectivity index (χ0v) is 26.7. The van der Waals surface area contributed by atoms with Crippen LogP contribution in [0.15, 0.2) is 97.1 Å². The molecule has 4 rings (SSSR count). The topological polar surface area (TPSA) is 174 Å². The normalized spacial score (nSPS) is 12.9. The maximum atomic E-state index is 14.2. The fourth-order valence-corrected chi connectivity index (χ4v) is 5.55. The van der Waals surface area contributed by atoms with Crippen LogP contribution in [0.5, 0.6) is 0 Å². The van der Waals surface area contributed by atoms with Gasteiger partial charge in [0.1, 0.15) is 18.1 Å². The van der Waals surface area contributed by atoms with Gasteiger partial charge in [-0.05, 0) is 65.4 Å². The van der Waals surface area contributed by atoms with Crippen LogP contribution in [0.25, 0.3) is 10.8 Å². The van der Waals surface area contributed by atoms with Crippen molar-refractivity contribution in [2.45, 2.75) is 56.8 Å². The number of primary amides is 1. The first-order chi connectivity index (χ1) is 22.7. The molecule has 246 valence electrons. The minimum atomic E-state index is -1.05. The van der Waals surface area contributed by atoms with E-state index < -0.39 is 35.8 Å². The zero-order valence-electron chi connectivity index (χ0n) is 26.7. The number of hydrogen-bond donors (Lipinski definition) is 5. The molecular weight excluding hydrogens is 592 g/mol. The van der Waals surface area contributed by atoms with Crippen LogP contribution in [0.1, 0.15) is 46.3 Å². The van der Waals surface area contributed by atoms with E-state index in [1.807, 2.05) is 78.9 Å². The molecule has 0 saturated heterocycles. The highest BCUT2D eigenvalue weighted by Crippen LogP contribution is 2.20. The molecule has 0 fully saturated rings. The summed E-state index contributed by atoms with van der Waals surface area (Å²) in [6.07, 6.45) is 1.96. The number of rotatable bonds is 16. The Bertz CT molecular complexity index is 1680. The summed E-state index contributed by atoms with van der Waals surface area (Å²) in [5.41, 5.74) is 19.9. The smallest absolute Gasteiger partial charge is 0.254 e. The first kappa shape index (κ1) is 34.8. The summed E-state index contributed by atoms with van der Waals surface area (Å²) < 4.78 is 0. The van der Waals surface area contributed by atoms with Gasteiger partial charge >= 0.3 is 0 Å². The van der Waals surface area contributed by atoms with Gasteiger partial charge in [-0.15, -0.1) is 0 Å². The third kappa shape index (κ3) is 9.71. The van der Waals surface area contributed by atoms with E-state index >= 15 is 0 Å². The number of benzene rings is 4. The molecule has 0 bridgehead atoms. The van der Waals surface area contributed by atoms with Gasteiger partial charge in [0.2, 0.25) is 17.7 Å². The monoisotopic (exact) mass is 636 g/mol. The quantitative estimate of drug-likeness (QED) is 0.118. The third-order valence-corrected chi connectivity index (χ3v) is 8.27. The van der Waals surface area contributed by atoms with Crippen LogP contribution in [0, 0.1) is 0 Å². The highest BCUT2D eigenvalue weighted by molar-refractivity contribution is 5.99. The van der Waals surface area contributed by atoms with Crippen molar-refractivity contribution >= 4 is 34.4 Å². The van der Waals surface area contributed by atoms with E-state index in [9.17, 15) is 19.2 Å². The second-order valence-electron chi connectivity index (χ2n) is 11.7. The molecule has 0 aliphatic rings. The lowest BCUT2D eigenvalue weighted by molar-refractivity contribution is -0.132. The van der Waals surface area contributed by atoms with Gasteiger partial charge in [-0.1, -0.05) is 84.9 Å². The first-order valence-electron chi connectivity index (χ1n) is 15.9. The summed E-state index contributed by atoms with van der Waals surface area (Å²) >= 11 is 0. The molecule has 10 nitrogen and oxygen atoms in total. The second kappa shape index (κ2) is 17.0. The van der Waals surface area contributed by atoms with E-state index in [0.29, 0.717) is 31.4 Å². The number of nitrogens with one attached hydrogen (secondary N) is 2.